The van der Waals surface area contributed by atoms with Gasteiger partial charge in [0.1, 0.15) is 11.4 Å². The molecule has 2 aliphatic rings. The molecule has 1 saturated heterocycles. The zero-order valence-electron chi connectivity index (χ0n) is 20.4. The van der Waals surface area contributed by atoms with E-state index in [0.717, 1.165) is 44.6 Å². The number of halogens is 3. The van der Waals surface area contributed by atoms with Gasteiger partial charge in [-0.25, -0.2) is 4.79 Å². The van der Waals surface area contributed by atoms with Crippen molar-refractivity contribution in [2.45, 2.75) is 69.8 Å². The number of carboxylic acids is 1. The van der Waals surface area contributed by atoms with Gasteiger partial charge in [0.15, 0.2) is 0 Å². The highest BCUT2D eigenvalue weighted by Gasteiger charge is 2.43. The molecular weight excluding hydrogens is 475 g/mol. The Balaban J connectivity index is 0.000000454. The topological polar surface area (TPSA) is 91.8 Å². The summed E-state index contributed by atoms with van der Waals surface area (Å²) in [5, 5.41) is 10.2. The smallest absolute Gasteiger partial charge is 0.487 e. The number of alkyl halides is 3. The molecule has 196 valence electrons. The fourth-order valence-electron chi connectivity index (χ4n) is 4.71. The average molecular weight is 508 g/mol. The quantitative estimate of drug-likeness (QED) is 0.618. The summed E-state index contributed by atoms with van der Waals surface area (Å²) < 4.78 is 38.3. The van der Waals surface area contributed by atoms with E-state index in [1.807, 2.05) is 44.4 Å². The van der Waals surface area contributed by atoms with Crippen LogP contribution in [0.15, 0.2) is 48.8 Å². The van der Waals surface area contributed by atoms with Gasteiger partial charge >= 0.3 is 12.1 Å². The molecule has 3 heterocycles. The van der Waals surface area contributed by atoms with Crippen LogP contribution in [0.5, 0.6) is 5.75 Å². The number of hydrogen-bond acceptors (Lipinski definition) is 5. The third-order valence-electron chi connectivity index (χ3n) is 6.32. The fourth-order valence-corrected chi connectivity index (χ4v) is 4.71. The Morgan fingerprint density at radius 3 is 2.44 bits per heavy atom. The maximum atomic E-state index is 12.5. The lowest BCUT2D eigenvalue weighted by atomic mass is 9.76. The Labute approximate surface area is 208 Å². The minimum atomic E-state index is -5.08. The molecule has 10 heteroatoms. The molecule has 1 fully saturated rings. The van der Waals surface area contributed by atoms with E-state index >= 15 is 0 Å². The molecule has 2 aliphatic heterocycles. The lowest BCUT2D eigenvalue weighted by Gasteiger charge is -2.47. The van der Waals surface area contributed by atoms with Gasteiger partial charge in [0, 0.05) is 50.4 Å². The third-order valence-corrected chi connectivity index (χ3v) is 6.32. The van der Waals surface area contributed by atoms with Crippen molar-refractivity contribution in [1.82, 2.24) is 15.2 Å². The van der Waals surface area contributed by atoms with Crippen LogP contribution in [0.4, 0.5) is 13.2 Å². The maximum absolute atomic E-state index is 12.5. The zero-order valence-corrected chi connectivity index (χ0v) is 20.4. The number of amides is 1. The zero-order chi connectivity index (χ0) is 26.3. The van der Waals surface area contributed by atoms with E-state index in [1.165, 1.54) is 11.1 Å². The van der Waals surface area contributed by atoms with Crippen molar-refractivity contribution < 1.29 is 32.6 Å². The number of benzene rings is 1. The minimum absolute atomic E-state index is 0.130. The number of para-hydroxylation sites is 1. The van der Waals surface area contributed by atoms with Crippen LogP contribution in [0.3, 0.4) is 0 Å². The molecular formula is C26H32F3N3O4. The molecule has 1 spiro atoms. The molecule has 2 aromatic rings. The SMILES string of the molecule is CC(C)NC(=O)CC1CC2(CCN(Cc3cccnc3)CC2)Oc2ccccc21.O=C(O)C(F)(F)F. The first-order valence-corrected chi connectivity index (χ1v) is 12.0. The van der Waals surface area contributed by atoms with Gasteiger partial charge in [0.25, 0.3) is 0 Å². The van der Waals surface area contributed by atoms with Crippen LogP contribution in [0.25, 0.3) is 0 Å². The van der Waals surface area contributed by atoms with Gasteiger partial charge in [0.2, 0.25) is 5.91 Å². The maximum Gasteiger partial charge on any atom is 0.490 e. The van der Waals surface area contributed by atoms with Gasteiger partial charge in [-0.05, 0) is 56.4 Å². The number of carboxylic acid groups (broad SMARTS) is 1. The second-order valence-electron chi connectivity index (χ2n) is 9.59. The Kier molecular flexibility index (Phi) is 8.94. The molecule has 7 nitrogen and oxygen atoms in total. The monoisotopic (exact) mass is 507 g/mol. The number of rotatable bonds is 5. The van der Waals surface area contributed by atoms with Crippen LogP contribution in [0, 0.1) is 0 Å². The second-order valence-corrected chi connectivity index (χ2v) is 9.59. The number of carbonyl (C=O) groups is 2. The third kappa shape index (κ3) is 7.68. The van der Waals surface area contributed by atoms with Crippen LogP contribution in [0.1, 0.15) is 56.6 Å². The summed E-state index contributed by atoms with van der Waals surface area (Å²) in [5.41, 5.74) is 2.26. The Bertz CT molecular complexity index is 1020. The summed E-state index contributed by atoms with van der Waals surface area (Å²) in [6.07, 6.45) is 2.10. The predicted molar refractivity (Wildman–Crippen MR) is 127 cm³/mol. The average Bonchev–Trinajstić information content (AvgIpc) is 2.81. The van der Waals surface area contributed by atoms with Crippen LogP contribution in [0.2, 0.25) is 0 Å². The molecule has 0 bridgehead atoms. The molecule has 1 aromatic carbocycles. The van der Waals surface area contributed by atoms with Crippen molar-refractivity contribution in [3.8, 4) is 5.75 Å². The first-order chi connectivity index (χ1) is 17.0. The summed E-state index contributed by atoms with van der Waals surface area (Å²) in [5.74, 6) is -1.45. The number of nitrogens with one attached hydrogen (secondary N) is 1. The number of hydrogen-bond donors (Lipinski definition) is 2. The van der Waals surface area contributed by atoms with Crippen molar-refractivity contribution in [3.05, 3.63) is 59.9 Å². The second kappa shape index (κ2) is 11.7. The molecule has 0 aliphatic carbocycles. The van der Waals surface area contributed by atoms with Crippen LogP contribution >= 0.6 is 0 Å². The van der Waals surface area contributed by atoms with Gasteiger partial charge in [-0.2, -0.15) is 13.2 Å². The van der Waals surface area contributed by atoms with E-state index < -0.39 is 12.1 Å². The molecule has 1 aromatic heterocycles. The minimum Gasteiger partial charge on any atom is -0.487 e. The predicted octanol–water partition coefficient (Wildman–Crippen LogP) is 4.53. The van der Waals surface area contributed by atoms with Crippen molar-refractivity contribution >= 4 is 11.9 Å². The molecule has 0 radical (unpaired) electrons. The standard InChI is InChI=1S/C24H31N3O2.C2HF3O2/c1-18(2)26-23(28)14-20-15-24(29-22-8-4-3-7-21(20)22)9-12-27(13-10-24)17-19-6-5-11-25-16-19;3-2(4,5)1(6)7/h3-8,11,16,18,20H,9-10,12-15,17H2,1-2H3,(H,26,28);(H,6,7). The molecule has 1 unspecified atom stereocenters. The van der Waals surface area contributed by atoms with Crippen LogP contribution in [-0.4, -0.2) is 57.8 Å². The number of ether oxygens (including phenoxy) is 1. The Morgan fingerprint density at radius 2 is 1.86 bits per heavy atom. The van der Waals surface area contributed by atoms with E-state index in [9.17, 15) is 18.0 Å². The number of fused-ring (bicyclic) bond motifs is 1. The molecule has 0 saturated carbocycles. The number of pyridine rings is 1. The van der Waals surface area contributed by atoms with E-state index in [0.29, 0.717) is 6.42 Å². The molecule has 36 heavy (non-hydrogen) atoms. The first kappa shape index (κ1) is 27.4. The number of nitrogens with zero attached hydrogens (tertiary/aromatic N) is 2. The summed E-state index contributed by atoms with van der Waals surface area (Å²) in [6, 6.07) is 12.5. The molecule has 1 atom stereocenters. The number of aliphatic carboxylic acids is 1. The first-order valence-electron chi connectivity index (χ1n) is 12.0. The highest BCUT2D eigenvalue weighted by atomic mass is 19.4. The summed E-state index contributed by atoms with van der Waals surface area (Å²) >= 11 is 0. The lowest BCUT2D eigenvalue weighted by Crippen LogP contribution is -2.50. The highest BCUT2D eigenvalue weighted by Crippen LogP contribution is 2.46. The van der Waals surface area contributed by atoms with Crippen LogP contribution < -0.4 is 10.1 Å². The number of piperidine rings is 1. The largest absolute Gasteiger partial charge is 0.490 e. The van der Waals surface area contributed by atoms with E-state index in [4.69, 9.17) is 14.6 Å². The summed E-state index contributed by atoms with van der Waals surface area (Å²) in [4.78, 5) is 28.1. The van der Waals surface area contributed by atoms with Gasteiger partial charge in [-0.1, -0.05) is 24.3 Å². The summed E-state index contributed by atoms with van der Waals surface area (Å²) in [6.45, 7) is 6.95. The Hall–Kier alpha value is -3.14. The molecule has 1 amide bonds. The lowest BCUT2D eigenvalue weighted by molar-refractivity contribution is -0.192. The number of carbonyl (C=O) groups excluding carboxylic acids is 1. The molecule has 2 N–H and O–H groups in total. The fraction of sp³-hybridized carbons (Fsp3) is 0.500. The van der Waals surface area contributed by atoms with Gasteiger partial charge in [-0.15, -0.1) is 0 Å². The molecule has 4 rings (SSSR count). The number of likely N-dealkylation sites (tertiary alicyclic amines) is 1. The van der Waals surface area contributed by atoms with Crippen molar-refractivity contribution in [2.24, 2.45) is 0 Å². The van der Waals surface area contributed by atoms with Crippen molar-refractivity contribution in [3.63, 3.8) is 0 Å². The van der Waals surface area contributed by atoms with Crippen molar-refractivity contribution in [1.29, 1.82) is 0 Å². The Morgan fingerprint density at radius 1 is 1.19 bits per heavy atom. The van der Waals surface area contributed by atoms with Gasteiger partial charge in [-0.3, -0.25) is 14.7 Å². The van der Waals surface area contributed by atoms with E-state index in [2.05, 4.69) is 33.4 Å². The van der Waals surface area contributed by atoms with E-state index in [1.54, 1.807) is 0 Å². The van der Waals surface area contributed by atoms with E-state index in [-0.39, 0.29) is 23.5 Å². The van der Waals surface area contributed by atoms with Crippen molar-refractivity contribution in [2.75, 3.05) is 13.1 Å². The normalized spacial score (nSPS) is 19.0. The highest BCUT2D eigenvalue weighted by molar-refractivity contribution is 5.77. The van der Waals surface area contributed by atoms with Crippen LogP contribution in [-0.2, 0) is 16.1 Å². The van der Waals surface area contributed by atoms with Gasteiger partial charge in [0.05, 0.1) is 0 Å². The summed E-state index contributed by atoms with van der Waals surface area (Å²) in [7, 11) is 0. The van der Waals surface area contributed by atoms with Gasteiger partial charge < -0.3 is 15.2 Å². The number of aromatic nitrogens is 1.